The van der Waals surface area contributed by atoms with Crippen LogP contribution >= 0.6 is 0 Å². The van der Waals surface area contributed by atoms with Crippen LogP contribution in [0.5, 0.6) is 0 Å². The highest BCUT2D eigenvalue weighted by molar-refractivity contribution is 4.97. The van der Waals surface area contributed by atoms with E-state index in [1.165, 1.54) is 6.42 Å². The van der Waals surface area contributed by atoms with Gasteiger partial charge in [0.1, 0.15) is 0 Å². The molecule has 11 heavy (non-hydrogen) atoms. The smallest absolute Gasteiger partial charge is 0.0233 e. The summed E-state index contributed by atoms with van der Waals surface area (Å²) in [7, 11) is 0. The minimum Gasteiger partial charge on any atom is -0.0919 e. The van der Waals surface area contributed by atoms with Gasteiger partial charge in [-0.15, -0.1) is 0 Å². The summed E-state index contributed by atoms with van der Waals surface area (Å²) >= 11 is 0. The Morgan fingerprint density at radius 1 is 1.18 bits per heavy atom. The third kappa shape index (κ3) is 4.83. The second-order valence-electron chi connectivity index (χ2n) is 3.17. The molecule has 0 heteroatoms. The highest BCUT2D eigenvalue weighted by Crippen LogP contribution is 2.22. The normalized spacial score (nSPS) is 28.7. The lowest BCUT2D eigenvalue weighted by Crippen LogP contribution is -1.96. The van der Waals surface area contributed by atoms with Crippen LogP contribution in [0.25, 0.3) is 0 Å². The molecule has 1 rings (SSSR count). The second-order valence-corrected chi connectivity index (χ2v) is 3.17. The number of rotatable bonds is 0. The minimum atomic E-state index is 0.833. The molecule has 0 bridgehead atoms. The molecule has 0 aromatic heterocycles. The average Bonchev–Trinajstić information content (AvgIpc) is 2.37. The Morgan fingerprint density at radius 2 is 1.73 bits per heavy atom. The molecule has 0 aromatic rings. The molecule has 0 aromatic carbocycles. The van der Waals surface area contributed by atoms with Crippen molar-refractivity contribution in [2.45, 2.75) is 34.1 Å². The molecule has 0 heterocycles. The molecular formula is C11H20. The quantitative estimate of drug-likeness (QED) is 0.463. The van der Waals surface area contributed by atoms with Crippen molar-refractivity contribution in [1.29, 1.82) is 0 Å². The fourth-order valence-corrected chi connectivity index (χ4v) is 0.912. The summed E-state index contributed by atoms with van der Waals surface area (Å²) in [5.41, 5.74) is 0. The van der Waals surface area contributed by atoms with E-state index in [1.807, 2.05) is 26.0 Å². The van der Waals surface area contributed by atoms with E-state index in [4.69, 9.17) is 0 Å². The van der Waals surface area contributed by atoms with Gasteiger partial charge in [0.2, 0.25) is 0 Å². The van der Waals surface area contributed by atoms with E-state index in [9.17, 15) is 0 Å². The summed E-state index contributed by atoms with van der Waals surface area (Å²) in [5.74, 6) is 1.74. The van der Waals surface area contributed by atoms with Crippen LogP contribution in [0.3, 0.4) is 0 Å². The van der Waals surface area contributed by atoms with E-state index in [0.717, 1.165) is 11.8 Å². The zero-order valence-corrected chi connectivity index (χ0v) is 8.17. The van der Waals surface area contributed by atoms with Crippen LogP contribution in [0, 0.1) is 11.8 Å². The molecule has 0 fully saturated rings. The van der Waals surface area contributed by atoms with Crippen LogP contribution in [0.15, 0.2) is 24.3 Å². The highest BCUT2D eigenvalue weighted by Gasteiger charge is 2.11. The summed E-state index contributed by atoms with van der Waals surface area (Å²) in [6, 6.07) is 0. The topological polar surface area (TPSA) is 0 Å². The van der Waals surface area contributed by atoms with Gasteiger partial charge in [-0.3, -0.25) is 0 Å². The molecule has 0 N–H and O–H groups in total. The molecule has 64 valence electrons. The molecule has 0 aliphatic heterocycles. The lowest BCUT2D eigenvalue weighted by Gasteiger charge is -2.04. The first-order valence-corrected chi connectivity index (χ1v) is 4.46. The predicted octanol–water partition coefficient (Wildman–Crippen LogP) is 3.80. The standard InChI is InChI=1S/C7H12.C4H8/c1-6-4-3-5-7(6)2;1-3-4-2/h3-4,6-7H,5H2,1-2H3;3-4H,1-2H3. The molecule has 0 spiro atoms. The van der Waals surface area contributed by atoms with Gasteiger partial charge >= 0.3 is 0 Å². The van der Waals surface area contributed by atoms with Crippen LogP contribution in [-0.2, 0) is 0 Å². The van der Waals surface area contributed by atoms with Gasteiger partial charge in [0.25, 0.3) is 0 Å². The van der Waals surface area contributed by atoms with Crippen molar-refractivity contribution >= 4 is 0 Å². The first-order valence-electron chi connectivity index (χ1n) is 4.46. The van der Waals surface area contributed by atoms with Crippen molar-refractivity contribution in [2.24, 2.45) is 11.8 Å². The molecule has 2 unspecified atom stereocenters. The van der Waals surface area contributed by atoms with Gasteiger partial charge in [0.05, 0.1) is 0 Å². The molecule has 0 nitrogen and oxygen atoms in total. The SMILES string of the molecule is CC1C=CCC1C.CC=CC. The first kappa shape index (κ1) is 10.5. The van der Waals surface area contributed by atoms with E-state index in [2.05, 4.69) is 26.0 Å². The van der Waals surface area contributed by atoms with Crippen molar-refractivity contribution in [2.75, 3.05) is 0 Å². The van der Waals surface area contributed by atoms with Crippen molar-refractivity contribution in [3.63, 3.8) is 0 Å². The monoisotopic (exact) mass is 152 g/mol. The Bertz CT molecular complexity index is 127. The van der Waals surface area contributed by atoms with Crippen molar-refractivity contribution < 1.29 is 0 Å². The van der Waals surface area contributed by atoms with Crippen molar-refractivity contribution in [3.05, 3.63) is 24.3 Å². The van der Waals surface area contributed by atoms with E-state index in [0.29, 0.717) is 0 Å². The molecule has 2 atom stereocenters. The number of allylic oxidation sites excluding steroid dienone is 4. The molecule has 0 radical (unpaired) electrons. The maximum absolute atomic E-state index is 2.30. The first-order chi connectivity index (χ1) is 5.22. The number of hydrogen-bond donors (Lipinski definition) is 0. The lowest BCUT2D eigenvalue weighted by atomic mass is 10.0. The second kappa shape index (κ2) is 6.21. The fraction of sp³-hybridized carbons (Fsp3) is 0.636. The molecular weight excluding hydrogens is 132 g/mol. The highest BCUT2D eigenvalue weighted by atomic mass is 14.2. The van der Waals surface area contributed by atoms with Crippen LogP contribution in [0.4, 0.5) is 0 Å². The summed E-state index contributed by atoms with van der Waals surface area (Å²) in [4.78, 5) is 0. The molecule has 0 amide bonds. The van der Waals surface area contributed by atoms with E-state index >= 15 is 0 Å². The summed E-state index contributed by atoms with van der Waals surface area (Å²) < 4.78 is 0. The van der Waals surface area contributed by atoms with E-state index < -0.39 is 0 Å². The Morgan fingerprint density at radius 3 is 1.82 bits per heavy atom. The molecule has 1 aliphatic carbocycles. The van der Waals surface area contributed by atoms with Gasteiger partial charge in [0, 0.05) is 0 Å². The van der Waals surface area contributed by atoms with Crippen molar-refractivity contribution in [3.8, 4) is 0 Å². The molecule has 0 saturated heterocycles. The van der Waals surface area contributed by atoms with Gasteiger partial charge in [-0.2, -0.15) is 0 Å². The van der Waals surface area contributed by atoms with Crippen LogP contribution in [0.2, 0.25) is 0 Å². The van der Waals surface area contributed by atoms with Gasteiger partial charge in [-0.25, -0.2) is 0 Å². The van der Waals surface area contributed by atoms with Crippen LogP contribution in [0.1, 0.15) is 34.1 Å². The Balaban J connectivity index is 0.000000218. The Hall–Kier alpha value is -0.520. The third-order valence-electron chi connectivity index (χ3n) is 2.18. The molecule has 0 saturated carbocycles. The minimum absolute atomic E-state index is 0.833. The zero-order chi connectivity index (χ0) is 8.69. The summed E-state index contributed by atoms with van der Waals surface area (Å²) in [6.07, 6.45) is 9.86. The van der Waals surface area contributed by atoms with Gasteiger partial charge in [0.15, 0.2) is 0 Å². The van der Waals surface area contributed by atoms with Crippen molar-refractivity contribution in [1.82, 2.24) is 0 Å². The zero-order valence-electron chi connectivity index (χ0n) is 8.17. The Kier molecular flexibility index (Phi) is 5.91. The third-order valence-corrected chi connectivity index (χ3v) is 2.18. The lowest BCUT2D eigenvalue weighted by molar-refractivity contribution is 0.498. The van der Waals surface area contributed by atoms with Crippen LogP contribution in [-0.4, -0.2) is 0 Å². The van der Waals surface area contributed by atoms with Gasteiger partial charge < -0.3 is 0 Å². The number of hydrogen-bond acceptors (Lipinski definition) is 0. The summed E-state index contributed by atoms with van der Waals surface area (Å²) in [5, 5.41) is 0. The Labute approximate surface area is 71.0 Å². The maximum atomic E-state index is 2.30. The van der Waals surface area contributed by atoms with Gasteiger partial charge in [-0.05, 0) is 32.1 Å². The largest absolute Gasteiger partial charge is 0.0919 e. The van der Waals surface area contributed by atoms with Gasteiger partial charge in [-0.1, -0.05) is 38.2 Å². The van der Waals surface area contributed by atoms with E-state index in [-0.39, 0.29) is 0 Å². The molecule has 1 aliphatic rings. The van der Waals surface area contributed by atoms with E-state index in [1.54, 1.807) is 0 Å². The summed E-state index contributed by atoms with van der Waals surface area (Å²) in [6.45, 7) is 8.57. The maximum Gasteiger partial charge on any atom is -0.0233 e. The predicted molar refractivity (Wildman–Crippen MR) is 52.6 cm³/mol. The average molecular weight is 152 g/mol. The fourth-order valence-electron chi connectivity index (χ4n) is 0.912. The van der Waals surface area contributed by atoms with Crippen LogP contribution < -0.4 is 0 Å².